The van der Waals surface area contributed by atoms with E-state index in [1.165, 1.54) is 25.2 Å². The monoisotopic (exact) mass is 502 g/mol. The summed E-state index contributed by atoms with van der Waals surface area (Å²) in [6.45, 7) is 5.74. The third-order valence-electron chi connectivity index (χ3n) is 3.97. The molecule has 1 N–H and O–H groups in total. The van der Waals surface area contributed by atoms with Gasteiger partial charge in [-0.3, -0.25) is 14.5 Å². The highest BCUT2D eigenvalue weighted by Gasteiger charge is 2.59. The molecule has 4 unspecified atom stereocenters. The van der Waals surface area contributed by atoms with Crippen LogP contribution in [0, 0.1) is 0 Å². The fourth-order valence-corrected chi connectivity index (χ4v) is 4.72. The lowest BCUT2D eigenvalue weighted by atomic mass is 9.98. The number of hydrogen-bond acceptors (Lipinski definition) is 6. The van der Waals surface area contributed by atoms with Crippen LogP contribution in [0.5, 0.6) is 0 Å². The average Bonchev–Trinajstić information content (AvgIpc) is 3.10. The molecule has 0 saturated carbocycles. The molecule has 1 saturated heterocycles. The zero-order valence-electron chi connectivity index (χ0n) is 15.2. The minimum atomic E-state index is -2.59. The molecular weight excluding hydrogens is 487 g/mol. The SMILES string of the molecule is C=C(C)C(C(=O)OCC(Cl)(Cl)Cl)N1C(=O)C(N(C(C)=O)c2cccs2)C1S(=O)O. The number of halogens is 3. The van der Waals surface area contributed by atoms with Gasteiger partial charge in [-0.1, -0.05) is 41.4 Å². The Morgan fingerprint density at radius 3 is 2.48 bits per heavy atom. The summed E-state index contributed by atoms with van der Waals surface area (Å²) in [6.07, 6.45) is 0. The van der Waals surface area contributed by atoms with E-state index in [4.69, 9.17) is 39.5 Å². The Morgan fingerprint density at radius 1 is 1.45 bits per heavy atom. The second kappa shape index (κ2) is 9.32. The lowest BCUT2D eigenvalue weighted by Gasteiger charge is -2.51. The summed E-state index contributed by atoms with van der Waals surface area (Å²) in [5, 5.41) is 0.745. The van der Waals surface area contributed by atoms with Crippen LogP contribution in [-0.2, 0) is 30.2 Å². The molecule has 29 heavy (non-hydrogen) atoms. The maximum absolute atomic E-state index is 12.9. The Balaban J connectivity index is 2.36. The van der Waals surface area contributed by atoms with Crippen LogP contribution in [0.15, 0.2) is 29.7 Å². The van der Waals surface area contributed by atoms with Crippen molar-refractivity contribution in [1.82, 2.24) is 4.90 Å². The van der Waals surface area contributed by atoms with Crippen molar-refractivity contribution in [3.8, 4) is 0 Å². The molecule has 1 aliphatic heterocycles. The first-order chi connectivity index (χ1) is 13.4. The first-order valence-electron chi connectivity index (χ1n) is 8.00. The van der Waals surface area contributed by atoms with Gasteiger partial charge in [0.2, 0.25) is 9.70 Å². The van der Waals surface area contributed by atoms with Crippen molar-refractivity contribution in [2.75, 3.05) is 11.5 Å². The van der Waals surface area contributed by atoms with E-state index in [1.807, 2.05) is 0 Å². The number of rotatable bonds is 7. The minimum absolute atomic E-state index is 0.173. The van der Waals surface area contributed by atoms with E-state index in [2.05, 4.69) is 6.58 Å². The highest BCUT2D eigenvalue weighted by molar-refractivity contribution is 7.80. The summed E-state index contributed by atoms with van der Waals surface area (Å²) in [5.41, 5.74) is 0.173. The zero-order chi connectivity index (χ0) is 22.1. The predicted molar refractivity (Wildman–Crippen MR) is 113 cm³/mol. The number of alkyl halides is 3. The molecule has 1 fully saturated rings. The quantitative estimate of drug-likeness (QED) is 0.202. The average molecular weight is 504 g/mol. The maximum Gasteiger partial charge on any atom is 0.333 e. The van der Waals surface area contributed by atoms with Crippen molar-refractivity contribution >= 4 is 80.0 Å². The van der Waals surface area contributed by atoms with E-state index in [9.17, 15) is 23.1 Å². The van der Waals surface area contributed by atoms with E-state index in [0.29, 0.717) is 5.00 Å². The molecule has 0 aromatic carbocycles. The second-order valence-corrected chi connectivity index (χ2v) is 10.6. The molecule has 0 aliphatic carbocycles. The molecule has 8 nitrogen and oxygen atoms in total. The lowest BCUT2D eigenvalue weighted by molar-refractivity contribution is -0.162. The van der Waals surface area contributed by atoms with Gasteiger partial charge in [-0.2, -0.15) is 0 Å². The molecular formula is C16H17Cl3N2O6S2. The molecule has 2 rings (SSSR count). The Hall–Kier alpha value is -1.17. The van der Waals surface area contributed by atoms with Gasteiger partial charge in [-0.25, -0.2) is 9.00 Å². The number of β-lactam (4-membered cyclic amide) rings is 1. The number of carbonyl (C=O) groups is 3. The fourth-order valence-electron chi connectivity index (χ4n) is 2.87. The Morgan fingerprint density at radius 2 is 2.07 bits per heavy atom. The van der Waals surface area contributed by atoms with Crippen molar-refractivity contribution in [2.45, 2.75) is 35.1 Å². The summed E-state index contributed by atoms with van der Waals surface area (Å²) in [7, 11) is 0. The number of esters is 1. The van der Waals surface area contributed by atoms with Gasteiger partial charge in [-0.05, 0) is 30.0 Å². The third-order valence-corrected chi connectivity index (χ3v) is 6.06. The summed E-state index contributed by atoms with van der Waals surface area (Å²) in [6, 6.07) is 0.626. The maximum atomic E-state index is 12.9. The van der Waals surface area contributed by atoms with Gasteiger partial charge < -0.3 is 14.2 Å². The molecule has 13 heteroatoms. The van der Waals surface area contributed by atoms with Crippen molar-refractivity contribution in [3.63, 3.8) is 0 Å². The van der Waals surface area contributed by atoms with Crippen molar-refractivity contribution in [3.05, 3.63) is 29.7 Å². The highest BCUT2D eigenvalue weighted by atomic mass is 35.6. The summed E-state index contributed by atoms with van der Waals surface area (Å²) in [5.74, 6) is -2.18. The van der Waals surface area contributed by atoms with E-state index < -0.39 is 56.7 Å². The fraction of sp³-hybridized carbons (Fsp3) is 0.438. The van der Waals surface area contributed by atoms with Crippen LogP contribution in [-0.4, -0.2) is 59.3 Å². The van der Waals surface area contributed by atoms with Crippen molar-refractivity contribution < 1.29 is 27.9 Å². The van der Waals surface area contributed by atoms with Crippen LogP contribution in [0.2, 0.25) is 0 Å². The normalized spacial score (nSPS) is 21.2. The summed E-state index contributed by atoms with van der Waals surface area (Å²) >= 11 is 15.3. The van der Waals surface area contributed by atoms with Gasteiger partial charge >= 0.3 is 5.97 Å². The molecule has 2 heterocycles. The zero-order valence-corrected chi connectivity index (χ0v) is 19.1. The number of thiophene rings is 1. The first-order valence-corrected chi connectivity index (χ1v) is 11.2. The largest absolute Gasteiger partial charge is 0.459 e. The molecule has 1 aromatic rings. The lowest BCUT2D eigenvalue weighted by Crippen LogP contribution is -2.76. The van der Waals surface area contributed by atoms with Crippen LogP contribution in [0.4, 0.5) is 5.00 Å². The second-order valence-electron chi connectivity index (χ2n) is 6.17. The Labute approximate surface area is 188 Å². The van der Waals surface area contributed by atoms with Crippen LogP contribution in [0.3, 0.4) is 0 Å². The molecule has 0 bridgehead atoms. The number of nitrogens with zero attached hydrogens (tertiary/aromatic N) is 2. The Kier molecular flexibility index (Phi) is 7.74. The van der Waals surface area contributed by atoms with E-state index >= 15 is 0 Å². The Bertz CT molecular complexity index is 842. The van der Waals surface area contributed by atoms with Gasteiger partial charge in [-0.15, -0.1) is 11.3 Å². The van der Waals surface area contributed by atoms with Crippen LogP contribution in [0.1, 0.15) is 13.8 Å². The number of amides is 2. The topological polar surface area (TPSA) is 104 Å². The first kappa shape index (κ1) is 24.1. The molecule has 1 aliphatic rings. The predicted octanol–water partition coefficient (Wildman–Crippen LogP) is 2.72. The third kappa shape index (κ3) is 5.31. The van der Waals surface area contributed by atoms with Crippen molar-refractivity contribution in [1.29, 1.82) is 0 Å². The van der Waals surface area contributed by atoms with Crippen molar-refractivity contribution in [2.24, 2.45) is 0 Å². The molecule has 160 valence electrons. The molecule has 0 radical (unpaired) electrons. The smallest absolute Gasteiger partial charge is 0.333 e. The molecule has 2 amide bonds. The van der Waals surface area contributed by atoms with Crippen LogP contribution in [0.25, 0.3) is 0 Å². The van der Waals surface area contributed by atoms with Crippen LogP contribution < -0.4 is 4.90 Å². The van der Waals surface area contributed by atoms with Gasteiger partial charge in [0.05, 0.1) is 5.00 Å². The number of carbonyl (C=O) groups excluding carboxylic acids is 3. The van der Waals surface area contributed by atoms with E-state index in [1.54, 1.807) is 17.5 Å². The van der Waals surface area contributed by atoms with Gasteiger partial charge in [0.15, 0.2) is 28.5 Å². The number of ether oxygens (including phenoxy) is 1. The number of anilines is 1. The molecule has 1 aromatic heterocycles. The molecule has 4 atom stereocenters. The number of hydrogen-bond donors (Lipinski definition) is 1. The minimum Gasteiger partial charge on any atom is -0.459 e. The van der Waals surface area contributed by atoms with Gasteiger partial charge in [0.25, 0.3) is 5.91 Å². The number of likely N-dealkylation sites (tertiary alicyclic amines) is 1. The summed E-state index contributed by atoms with van der Waals surface area (Å²) in [4.78, 5) is 39.6. The van der Waals surface area contributed by atoms with Gasteiger partial charge in [0, 0.05) is 6.92 Å². The molecule has 0 spiro atoms. The van der Waals surface area contributed by atoms with Crippen LogP contribution >= 0.6 is 46.1 Å². The van der Waals surface area contributed by atoms with Gasteiger partial charge in [0.1, 0.15) is 6.61 Å². The summed E-state index contributed by atoms with van der Waals surface area (Å²) < 4.78 is 24.9. The van der Waals surface area contributed by atoms with E-state index in [-0.39, 0.29) is 5.57 Å². The standard InChI is InChI=1S/C16H17Cl3N2O6S2/c1-8(2)11(15(24)27-7-16(17,18)19)21-13(23)12(14(21)29(25)26)20(9(3)22)10-5-4-6-28-10/h4-6,11-12,14H,1,7H2,2-3H3,(H,25,26). The highest BCUT2D eigenvalue weighted by Crippen LogP contribution is 2.36. The van der Waals surface area contributed by atoms with E-state index in [0.717, 1.165) is 9.80 Å².